The van der Waals surface area contributed by atoms with Gasteiger partial charge in [-0.1, -0.05) is 141 Å². The largest absolute Gasteiger partial charge is 0.231 e. The van der Waals surface area contributed by atoms with E-state index in [2.05, 4.69) is 124 Å². The van der Waals surface area contributed by atoms with Crippen LogP contribution >= 0.6 is 0 Å². The molecule has 0 saturated heterocycles. The normalized spacial score (nSPS) is 24.2. The minimum atomic E-state index is -1.51. The molecule has 2 aromatic rings. The van der Waals surface area contributed by atoms with Gasteiger partial charge >= 0.3 is 0 Å². The van der Waals surface area contributed by atoms with E-state index in [1.54, 1.807) is 16.3 Å². The summed E-state index contributed by atoms with van der Waals surface area (Å²) < 4.78 is 0. The number of rotatable bonds is 5. The fourth-order valence-corrected chi connectivity index (χ4v) is 9.56. The van der Waals surface area contributed by atoms with Gasteiger partial charge in [0.05, 0.1) is 16.1 Å². The van der Waals surface area contributed by atoms with Crippen LogP contribution in [0.25, 0.3) is 11.1 Å². The third kappa shape index (κ3) is 5.13. The molecule has 0 fully saturated rings. The fraction of sp³-hybridized carbons (Fsp3) is 0.367. The Morgan fingerprint density at radius 2 is 1.47 bits per heavy atom. The highest BCUT2D eigenvalue weighted by Gasteiger charge is 2.36. The summed E-state index contributed by atoms with van der Waals surface area (Å²) >= 11 is 0. The average Bonchev–Trinajstić information content (AvgIpc) is 3.00. The SMILES string of the molecule is C[Si](C)(C)/C=C(\c1ccccc1)[C@@H]1C[C@H]2C=C[CH-][C@@H](C1)C(c1ccccc1)=C2[Si](C)(C)C. The van der Waals surface area contributed by atoms with Gasteiger partial charge in [0.2, 0.25) is 0 Å². The summed E-state index contributed by atoms with van der Waals surface area (Å²) in [4.78, 5) is 0. The zero-order valence-electron chi connectivity index (χ0n) is 20.7. The van der Waals surface area contributed by atoms with Crippen LogP contribution in [0.2, 0.25) is 39.3 Å². The first-order valence-corrected chi connectivity index (χ1v) is 19.3. The van der Waals surface area contributed by atoms with E-state index in [-0.39, 0.29) is 0 Å². The third-order valence-corrected chi connectivity index (χ3v) is 10.3. The molecule has 0 N–H and O–H groups in total. The van der Waals surface area contributed by atoms with Gasteiger partial charge in [0.25, 0.3) is 0 Å². The molecule has 2 aliphatic rings. The van der Waals surface area contributed by atoms with Crippen molar-refractivity contribution in [2.45, 2.75) is 52.1 Å². The van der Waals surface area contributed by atoms with Gasteiger partial charge in [0, 0.05) is 0 Å². The molecule has 0 aromatic heterocycles. The van der Waals surface area contributed by atoms with Crippen LogP contribution in [0.15, 0.2) is 83.7 Å². The van der Waals surface area contributed by atoms with E-state index in [0.717, 1.165) is 0 Å². The van der Waals surface area contributed by atoms with E-state index in [0.29, 0.717) is 17.8 Å². The second kappa shape index (κ2) is 9.07. The second-order valence-corrected chi connectivity index (χ2v) is 21.8. The Hall–Kier alpha value is -2.04. The van der Waals surface area contributed by atoms with Gasteiger partial charge < -0.3 is 0 Å². The van der Waals surface area contributed by atoms with Gasteiger partial charge in [-0.3, -0.25) is 0 Å². The molecule has 0 unspecified atom stereocenters. The van der Waals surface area contributed by atoms with Crippen molar-refractivity contribution in [3.63, 3.8) is 0 Å². The summed E-state index contributed by atoms with van der Waals surface area (Å²) in [6, 6.07) is 22.5. The number of fused-ring (bicyclic) bond motifs is 2. The van der Waals surface area contributed by atoms with E-state index >= 15 is 0 Å². The molecule has 4 rings (SSSR count). The Bertz CT molecular complexity index is 1010. The molecule has 2 aliphatic carbocycles. The highest BCUT2D eigenvalue weighted by atomic mass is 28.3. The first-order valence-electron chi connectivity index (χ1n) is 12.2. The van der Waals surface area contributed by atoms with Gasteiger partial charge in [-0.05, 0) is 22.6 Å². The van der Waals surface area contributed by atoms with Crippen LogP contribution in [-0.2, 0) is 0 Å². The Balaban J connectivity index is 1.85. The lowest BCUT2D eigenvalue weighted by molar-refractivity contribution is 0.489. The summed E-state index contributed by atoms with van der Waals surface area (Å²) in [6.45, 7) is 15.1. The number of benzene rings is 2. The van der Waals surface area contributed by atoms with Crippen molar-refractivity contribution in [3.05, 3.63) is 101 Å². The predicted octanol–water partition coefficient (Wildman–Crippen LogP) is 8.70. The predicted molar refractivity (Wildman–Crippen MR) is 148 cm³/mol. The van der Waals surface area contributed by atoms with Gasteiger partial charge in [0.1, 0.15) is 0 Å². The molecule has 32 heavy (non-hydrogen) atoms. The van der Waals surface area contributed by atoms with Gasteiger partial charge in [-0.25, -0.2) is 18.6 Å². The molecule has 3 atom stereocenters. The molecule has 0 radical (unpaired) electrons. The minimum absolute atomic E-state index is 0.488. The summed E-state index contributed by atoms with van der Waals surface area (Å²) in [6.07, 6.45) is 9.86. The minimum Gasteiger partial charge on any atom is -0.231 e. The van der Waals surface area contributed by atoms with E-state index in [1.165, 1.54) is 24.0 Å². The van der Waals surface area contributed by atoms with E-state index < -0.39 is 16.1 Å². The molecular weight excluding hydrogens is 417 g/mol. The van der Waals surface area contributed by atoms with Crippen LogP contribution in [0.5, 0.6) is 0 Å². The lowest BCUT2D eigenvalue weighted by atomic mass is 9.78. The van der Waals surface area contributed by atoms with Crippen LogP contribution in [0.1, 0.15) is 24.0 Å². The molecule has 0 amide bonds. The van der Waals surface area contributed by atoms with E-state index in [9.17, 15) is 0 Å². The molecule has 2 heteroatoms. The average molecular weight is 456 g/mol. The monoisotopic (exact) mass is 455 g/mol. The number of allylic oxidation sites excluding steroid dienone is 5. The maximum Gasteiger partial charge on any atom is 0.0715 e. The van der Waals surface area contributed by atoms with Crippen molar-refractivity contribution in [2.75, 3.05) is 0 Å². The second-order valence-electron chi connectivity index (χ2n) is 11.7. The summed E-state index contributed by atoms with van der Waals surface area (Å²) in [5.41, 5.74) is 8.81. The Kier molecular flexibility index (Phi) is 6.56. The molecular formula is C30H39Si2-. The first kappa shape index (κ1) is 23.1. The van der Waals surface area contributed by atoms with Crippen LogP contribution in [0.3, 0.4) is 0 Å². The van der Waals surface area contributed by atoms with Crippen LogP contribution in [-0.4, -0.2) is 16.1 Å². The number of hydrogen-bond acceptors (Lipinski definition) is 0. The molecule has 0 spiro atoms. The van der Waals surface area contributed by atoms with Crippen molar-refractivity contribution in [1.82, 2.24) is 0 Å². The quantitative estimate of drug-likeness (QED) is 0.312. The maximum absolute atomic E-state index is 2.69. The summed E-state index contributed by atoms with van der Waals surface area (Å²) in [5.74, 6) is 1.62. The molecule has 2 aromatic carbocycles. The zero-order valence-corrected chi connectivity index (χ0v) is 22.7. The van der Waals surface area contributed by atoms with Crippen molar-refractivity contribution in [2.24, 2.45) is 17.8 Å². The molecule has 2 bridgehead atoms. The lowest BCUT2D eigenvalue weighted by Gasteiger charge is -2.33. The maximum atomic E-state index is 2.69. The van der Waals surface area contributed by atoms with Crippen LogP contribution in [0, 0.1) is 24.2 Å². The van der Waals surface area contributed by atoms with Crippen LogP contribution in [0.4, 0.5) is 0 Å². The number of hydrogen-bond donors (Lipinski definition) is 0. The van der Waals surface area contributed by atoms with Crippen molar-refractivity contribution >= 4 is 27.3 Å². The molecule has 0 nitrogen and oxygen atoms in total. The van der Waals surface area contributed by atoms with Gasteiger partial charge in [-0.15, -0.1) is 0 Å². The highest BCUT2D eigenvalue weighted by molar-refractivity contribution is 6.84. The van der Waals surface area contributed by atoms with Gasteiger partial charge in [-0.2, -0.15) is 0 Å². The molecule has 0 heterocycles. The van der Waals surface area contributed by atoms with E-state index in [1.807, 2.05) is 0 Å². The van der Waals surface area contributed by atoms with Gasteiger partial charge in [0.15, 0.2) is 0 Å². The molecule has 168 valence electrons. The Morgan fingerprint density at radius 1 is 0.844 bits per heavy atom. The first-order chi connectivity index (χ1) is 15.1. The van der Waals surface area contributed by atoms with Crippen molar-refractivity contribution < 1.29 is 0 Å². The lowest BCUT2D eigenvalue weighted by Crippen LogP contribution is -2.30. The molecule has 0 saturated carbocycles. The van der Waals surface area contributed by atoms with E-state index in [4.69, 9.17) is 0 Å². The summed E-state index contributed by atoms with van der Waals surface area (Å²) in [7, 11) is -2.88. The molecule has 0 aliphatic heterocycles. The smallest absolute Gasteiger partial charge is 0.0715 e. The Labute approximate surface area is 198 Å². The van der Waals surface area contributed by atoms with Crippen molar-refractivity contribution in [1.29, 1.82) is 0 Å². The van der Waals surface area contributed by atoms with Crippen LogP contribution < -0.4 is 0 Å². The standard InChI is InChI=1S/C30H39Si2/c1-31(2,3)22-28(23-14-9-7-10-15-23)27-20-25-18-13-19-26(21-27)30(32(4,5)6)29(25)24-16-11-8-12-17-24/h7-19,22,25-27H,20-21H2,1-6H3/q-1/b28-22+/t25-,26+,27-/m0/s1. The topological polar surface area (TPSA) is 0 Å². The third-order valence-electron chi connectivity index (χ3n) is 6.82. The summed E-state index contributed by atoms with van der Waals surface area (Å²) in [5, 5.41) is 1.78. The van der Waals surface area contributed by atoms with Crippen molar-refractivity contribution in [3.8, 4) is 0 Å². The zero-order chi connectivity index (χ0) is 22.9. The highest BCUT2D eigenvalue weighted by Crippen LogP contribution is 2.50. The fourth-order valence-electron chi connectivity index (χ4n) is 5.76. The Morgan fingerprint density at radius 3 is 2.06 bits per heavy atom.